The SMILES string of the molecule is Fc1cc2nc(F)n3c2c(c1F)B1c2c-3cccc2-n2c(F)nc3cc(F)c(F)c1c32. The summed E-state index contributed by atoms with van der Waals surface area (Å²) in [4.78, 5) is 7.35. The van der Waals surface area contributed by atoms with Crippen molar-refractivity contribution in [2.45, 2.75) is 0 Å². The van der Waals surface area contributed by atoms with E-state index in [4.69, 9.17) is 0 Å². The van der Waals surface area contributed by atoms with Crippen LogP contribution in [0.3, 0.4) is 0 Å². The summed E-state index contributed by atoms with van der Waals surface area (Å²) in [5.41, 5.74) is -0.995. The number of halogens is 6. The summed E-state index contributed by atoms with van der Waals surface area (Å²) in [5.74, 6) is -5.31. The van der Waals surface area contributed by atoms with Crippen molar-refractivity contribution in [2.24, 2.45) is 0 Å². The Hall–Kier alpha value is -3.76. The molecule has 0 radical (unpaired) electrons. The first-order valence-electron chi connectivity index (χ1n) is 9.13. The van der Waals surface area contributed by atoms with E-state index in [-0.39, 0.29) is 38.9 Å². The maximum Gasteiger partial charge on any atom is 0.294 e. The normalized spacial score (nSPS) is 13.4. The minimum absolute atomic E-state index is 0.0906. The quantitative estimate of drug-likeness (QED) is 0.276. The zero-order valence-electron chi connectivity index (χ0n) is 15.0. The Balaban J connectivity index is 1.82. The zero-order valence-corrected chi connectivity index (χ0v) is 15.0. The van der Waals surface area contributed by atoms with E-state index >= 15 is 8.78 Å². The van der Waals surface area contributed by atoms with Gasteiger partial charge in [0.15, 0.2) is 23.3 Å². The maximum absolute atomic E-state index is 15.2. The van der Waals surface area contributed by atoms with Crippen molar-refractivity contribution in [1.29, 1.82) is 0 Å². The van der Waals surface area contributed by atoms with Gasteiger partial charge >= 0.3 is 0 Å². The van der Waals surface area contributed by atoms with Gasteiger partial charge in [-0.1, -0.05) is 6.07 Å². The van der Waals surface area contributed by atoms with E-state index in [1.807, 2.05) is 0 Å². The fraction of sp³-hybridized carbons (Fsp3) is 0. The van der Waals surface area contributed by atoms with Crippen molar-refractivity contribution >= 4 is 45.2 Å². The summed E-state index contributed by atoms with van der Waals surface area (Å²) in [5, 5.41) is 0. The van der Waals surface area contributed by atoms with Gasteiger partial charge in [0.05, 0.1) is 22.1 Å². The highest BCUT2D eigenvalue weighted by Gasteiger charge is 2.45. The molecule has 11 heteroatoms. The highest BCUT2D eigenvalue weighted by Crippen LogP contribution is 2.32. The standard InChI is InChI=1S/C20H5BF6N4/c22-6-4-8-17-13(15(6)24)21-12-10(30(17)19(26)28-8)2-1-3-11(12)31-18-9(29-20(31)27)5-7(23)16(25)14(18)21/h1-5H. The van der Waals surface area contributed by atoms with E-state index in [0.29, 0.717) is 0 Å². The maximum atomic E-state index is 15.2. The molecule has 31 heavy (non-hydrogen) atoms. The molecule has 150 valence electrons. The fourth-order valence-corrected chi connectivity index (χ4v) is 4.99. The van der Waals surface area contributed by atoms with Crippen LogP contribution in [-0.4, -0.2) is 25.8 Å². The lowest BCUT2D eigenvalue weighted by Gasteiger charge is -2.32. The lowest BCUT2D eigenvalue weighted by molar-refractivity contribution is 0.513. The molecule has 0 amide bonds. The molecule has 0 N–H and O–H groups in total. The van der Waals surface area contributed by atoms with Crippen LogP contribution in [0.15, 0.2) is 30.3 Å². The van der Waals surface area contributed by atoms with Gasteiger partial charge in [-0.2, -0.15) is 8.78 Å². The number of rotatable bonds is 0. The molecule has 0 saturated carbocycles. The van der Waals surface area contributed by atoms with Gasteiger partial charge in [0, 0.05) is 23.5 Å². The van der Waals surface area contributed by atoms with E-state index in [1.54, 1.807) is 0 Å². The van der Waals surface area contributed by atoms with E-state index in [0.717, 1.165) is 21.3 Å². The Bertz CT molecular complexity index is 1550. The van der Waals surface area contributed by atoms with Crippen molar-refractivity contribution in [2.75, 3.05) is 0 Å². The third kappa shape index (κ3) is 1.74. The van der Waals surface area contributed by atoms with Crippen LogP contribution in [0, 0.1) is 35.4 Å². The van der Waals surface area contributed by atoms with Crippen molar-refractivity contribution in [1.82, 2.24) is 19.1 Å². The van der Waals surface area contributed by atoms with Crippen LogP contribution in [-0.2, 0) is 0 Å². The molecule has 0 bridgehead atoms. The Labute approximate surface area is 168 Å². The molecule has 3 aromatic carbocycles. The topological polar surface area (TPSA) is 35.6 Å². The molecule has 0 unspecified atom stereocenters. The van der Waals surface area contributed by atoms with Crippen molar-refractivity contribution < 1.29 is 26.3 Å². The summed E-state index contributed by atoms with van der Waals surface area (Å²) < 4.78 is 90.8. The monoisotopic (exact) mass is 426 g/mol. The van der Waals surface area contributed by atoms with Gasteiger partial charge in [-0.15, -0.1) is 0 Å². The highest BCUT2D eigenvalue weighted by molar-refractivity contribution is 7.00. The van der Waals surface area contributed by atoms with Gasteiger partial charge < -0.3 is 0 Å². The van der Waals surface area contributed by atoms with Crippen LogP contribution in [0.1, 0.15) is 0 Å². The molecule has 0 spiro atoms. The predicted octanol–water partition coefficient (Wildman–Crippen LogP) is 2.34. The number of aromatic nitrogens is 4. The van der Waals surface area contributed by atoms with Gasteiger partial charge in [0.2, 0.25) is 0 Å². The van der Waals surface area contributed by atoms with Gasteiger partial charge in [-0.3, -0.25) is 9.13 Å². The van der Waals surface area contributed by atoms with E-state index < -0.39 is 53.1 Å². The number of hydrogen-bond donors (Lipinski definition) is 0. The molecule has 0 fully saturated rings. The number of nitrogens with zero attached hydrogens (tertiary/aromatic N) is 4. The number of hydrogen-bond acceptors (Lipinski definition) is 2. The molecular weight excluding hydrogens is 421 g/mol. The van der Waals surface area contributed by atoms with Gasteiger partial charge in [0.1, 0.15) is 0 Å². The summed E-state index contributed by atoms with van der Waals surface area (Å²) in [7, 11) is 0. The van der Waals surface area contributed by atoms with Crippen LogP contribution in [0.2, 0.25) is 0 Å². The average Bonchev–Trinajstić information content (AvgIpc) is 3.23. The summed E-state index contributed by atoms with van der Waals surface area (Å²) >= 11 is 0. The molecule has 2 aliphatic heterocycles. The van der Waals surface area contributed by atoms with E-state index in [1.165, 1.54) is 18.2 Å². The highest BCUT2D eigenvalue weighted by atomic mass is 19.2. The fourth-order valence-electron chi connectivity index (χ4n) is 4.99. The molecule has 5 aromatic rings. The first-order chi connectivity index (χ1) is 14.9. The van der Waals surface area contributed by atoms with E-state index in [9.17, 15) is 17.6 Å². The third-order valence-electron chi connectivity index (χ3n) is 6.06. The first kappa shape index (κ1) is 17.0. The minimum Gasteiger partial charge on any atom is -0.270 e. The Kier molecular flexibility index (Phi) is 2.80. The van der Waals surface area contributed by atoms with E-state index in [2.05, 4.69) is 9.97 Å². The van der Waals surface area contributed by atoms with Crippen molar-refractivity contribution in [3.63, 3.8) is 0 Å². The Morgan fingerprint density at radius 3 is 1.55 bits per heavy atom. The number of benzene rings is 3. The zero-order chi connectivity index (χ0) is 21.3. The average molecular weight is 426 g/mol. The molecular formula is C20H5BF6N4. The van der Waals surface area contributed by atoms with Gasteiger partial charge in [-0.25, -0.2) is 27.5 Å². The van der Waals surface area contributed by atoms with Crippen molar-refractivity contribution in [3.8, 4) is 11.4 Å². The second-order valence-electron chi connectivity index (χ2n) is 7.48. The summed E-state index contributed by atoms with van der Waals surface area (Å²) in [6, 6.07) is 5.93. The first-order valence-corrected chi connectivity index (χ1v) is 9.13. The summed E-state index contributed by atoms with van der Waals surface area (Å²) in [6.45, 7) is -1.37. The number of fused-ring (bicyclic) bond motifs is 4. The third-order valence-corrected chi connectivity index (χ3v) is 6.06. The van der Waals surface area contributed by atoms with Crippen LogP contribution < -0.4 is 16.4 Å². The van der Waals surface area contributed by atoms with Crippen LogP contribution >= 0.6 is 0 Å². The molecule has 0 atom stereocenters. The molecule has 4 heterocycles. The summed E-state index contributed by atoms with van der Waals surface area (Å²) in [6.07, 6.45) is -2.09. The lowest BCUT2D eigenvalue weighted by atomic mass is 9.34. The lowest BCUT2D eigenvalue weighted by Crippen LogP contribution is -2.61. The van der Waals surface area contributed by atoms with Crippen LogP contribution in [0.4, 0.5) is 26.3 Å². The smallest absolute Gasteiger partial charge is 0.270 e. The largest absolute Gasteiger partial charge is 0.294 e. The number of imidazole rings is 2. The molecule has 0 aliphatic carbocycles. The Morgan fingerprint density at radius 1 is 0.645 bits per heavy atom. The van der Waals surface area contributed by atoms with Crippen LogP contribution in [0.25, 0.3) is 33.4 Å². The molecule has 7 rings (SSSR count). The predicted molar refractivity (Wildman–Crippen MR) is 100 cm³/mol. The Morgan fingerprint density at radius 2 is 1.10 bits per heavy atom. The molecule has 0 saturated heterocycles. The van der Waals surface area contributed by atoms with Crippen LogP contribution in [0.5, 0.6) is 0 Å². The molecule has 4 nitrogen and oxygen atoms in total. The molecule has 2 aromatic heterocycles. The van der Waals surface area contributed by atoms with Gasteiger partial charge in [0.25, 0.3) is 18.9 Å². The van der Waals surface area contributed by atoms with Crippen molar-refractivity contribution in [3.05, 3.63) is 65.8 Å². The minimum atomic E-state index is -1.37. The molecule has 2 aliphatic rings. The second kappa shape index (κ2) is 5.10. The van der Waals surface area contributed by atoms with Gasteiger partial charge in [-0.05, 0) is 28.5 Å². The second-order valence-corrected chi connectivity index (χ2v) is 7.48.